The van der Waals surface area contributed by atoms with Crippen LogP contribution in [0.3, 0.4) is 0 Å². The molecule has 1 aliphatic rings. The summed E-state index contributed by atoms with van der Waals surface area (Å²) in [5.41, 5.74) is 0. The van der Waals surface area contributed by atoms with E-state index in [4.69, 9.17) is 9.16 Å². The van der Waals surface area contributed by atoms with E-state index >= 15 is 0 Å². The first-order valence-corrected chi connectivity index (χ1v) is 9.95. The van der Waals surface area contributed by atoms with Crippen molar-refractivity contribution in [3.05, 3.63) is 12.2 Å². The van der Waals surface area contributed by atoms with Crippen molar-refractivity contribution in [2.75, 3.05) is 13.2 Å². The van der Waals surface area contributed by atoms with Crippen LogP contribution in [0.4, 0.5) is 0 Å². The van der Waals surface area contributed by atoms with Crippen LogP contribution in [0.25, 0.3) is 0 Å². The van der Waals surface area contributed by atoms with E-state index in [1.165, 1.54) is 6.92 Å². The second-order valence-electron chi connectivity index (χ2n) is 6.88. The largest absolute Gasteiger partial charge is 0.464 e. The number of carbonyl (C=O) groups is 2. The van der Waals surface area contributed by atoms with Gasteiger partial charge in [-0.05, 0) is 25.1 Å². The van der Waals surface area contributed by atoms with Gasteiger partial charge in [-0.2, -0.15) is 0 Å². The third kappa shape index (κ3) is 4.02. The Morgan fingerprint density at radius 3 is 2.55 bits per heavy atom. The van der Waals surface area contributed by atoms with E-state index in [0.717, 1.165) is 0 Å². The second-order valence-corrected chi connectivity index (χ2v) is 11.7. The molecule has 1 fully saturated rings. The fourth-order valence-corrected chi connectivity index (χ4v) is 2.82. The summed E-state index contributed by atoms with van der Waals surface area (Å²) < 4.78 is 11.0. The Bertz CT molecular complexity index is 407. The molecule has 5 heteroatoms. The van der Waals surface area contributed by atoms with E-state index < -0.39 is 20.2 Å². The van der Waals surface area contributed by atoms with Crippen LogP contribution in [0, 0.1) is 11.8 Å². The summed E-state index contributed by atoms with van der Waals surface area (Å²) in [6, 6.07) is 0. The summed E-state index contributed by atoms with van der Waals surface area (Å²) in [4.78, 5) is 22.9. The van der Waals surface area contributed by atoms with Crippen LogP contribution in [-0.4, -0.2) is 33.3 Å². The Morgan fingerprint density at radius 2 is 2.05 bits per heavy atom. The Hall–Kier alpha value is -0.943. The number of ketones is 1. The Morgan fingerprint density at radius 1 is 1.45 bits per heavy atom. The Labute approximate surface area is 122 Å². The van der Waals surface area contributed by atoms with Gasteiger partial charge in [0, 0.05) is 5.92 Å². The van der Waals surface area contributed by atoms with Crippen molar-refractivity contribution in [2.24, 2.45) is 11.8 Å². The van der Waals surface area contributed by atoms with Crippen LogP contribution in [0.2, 0.25) is 18.1 Å². The van der Waals surface area contributed by atoms with Gasteiger partial charge in [0.2, 0.25) is 0 Å². The highest BCUT2D eigenvalue weighted by Gasteiger charge is 2.39. The van der Waals surface area contributed by atoms with Gasteiger partial charge in [-0.1, -0.05) is 32.9 Å². The van der Waals surface area contributed by atoms with Crippen molar-refractivity contribution < 1.29 is 18.8 Å². The van der Waals surface area contributed by atoms with Crippen molar-refractivity contribution in [1.82, 2.24) is 0 Å². The first kappa shape index (κ1) is 17.1. The van der Waals surface area contributed by atoms with Gasteiger partial charge in [0.1, 0.15) is 11.7 Å². The van der Waals surface area contributed by atoms with Gasteiger partial charge in [0.05, 0.1) is 13.2 Å². The van der Waals surface area contributed by atoms with Crippen LogP contribution in [0.5, 0.6) is 0 Å². The lowest BCUT2D eigenvalue weighted by molar-refractivity contribution is -0.144. The number of rotatable bonds is 5. The second kappa shape index (κ2) is 6.22. The third-order valence-corrected chi connectivity index (χ3v) is 8.77. The molecule has 0 saturated carbocycles. The molecule has 2 unspecified atom stereocenters. The molecule has 1 heterocycles. The average molecular weight is 298 g/mol. The fourth-order valence-electron chi connectivity index (χ4n) is 1.88. The monoisotopic (exact) mass is 298 g/mol. The quantitative estimate of drug-likeness (QED) is 0.339. The number of Topliss-reactive ketones (excluding diaryl/α,β-unsaturated/α-hetero) is 1. The van der Waals surface area contributed by atoms with Crippen molar-refractivity contribution in [2.45, 2.75) is 45.8 Å². The zero-order valence-corrected chi connectivity index (χ0v) is 14.4. The molecule has 2 atom stereocenters. The van der Waals surface area contributed by atoms with Crippen molar-refractivity contribution in [1.29, 1.82) is 0 Å². The maximum Gasteiger partial charge on any atom is 0.317 e. The molecule has 1 rings (SSSR count). The van der Waals surface area contributed by atoms with E-state index in [2.05, 4.69) is 33.9 Å². The first-order chi connectivity index (χ1) is 9.06. The molecule has 0 aromatic heterocycles. The molecule has 20 heavy (non-hydrogen) atoms. The molecule has 0 radical (unpaired) electrons. The molecule has 0 aromatic rings. The van der Waals surface area contributed by atoms with Gasteiger partial charge in [-0.15, -0.1) is 0 Å². The van der Waals surface area contributed by atoms with E-state index in [9.17, 15) is 9.59 Å². The predicted octanol–water partition coefficient (Wildman–Crippen LogP) is 2.94. The lowest BCUT2D eigenvalue weighted by atomic mass is 9.92. The molecule has 4 nitrogen and oxygen atoms in total. The fraction of sp³-hybridized carbons (Fsp3) is 0.733. The summed E-state index contributed by atoms with van der Waals surface area (Å²) >= 11 is 0. The molecule has 0 amide bonds. The van der Waals surface area contributed by atoms with Crippen molar-refractivity contribution in [3.63, 3.8) is 0 Å². The highest BCUT2D eigenvalue weighted by atomic mass is 28.4. The molecular weight excluding hydrogens is 272 g/mol. The van der Waals surface area contributed by atoms with Gasteiger partial charge in [-0.25, -0.2) is 0 Å². The maximum absolute atomic E-state index is 11.4. The zero-order chi connectivity index (χ0) is 15.6. The molecule has 0 aliphatic carbocycles. The molecule has 1 saturated heterocycles. The van der Waals surface area contributed by atoms with Gasteiger partial charge in [0.15, 0.2) is 8.32 Å². The van der Waals surface area contributed by atoms with E-state index in [-0.39, 0.29) is 16.7 Å². The molecule has 0 N–H and O–H groups in total. The number of hydrogen-bond donors (Lipinski definition) is 0. The van der Waals surface area contributed by atoms with Crippen LogP contribution in [0.1, 0.15) is 27.7 Å². The number of ether oxygens (including phenoxy) is 1. The van der Waals surface area contributed by atoms with Crippen molar-refractivity contribution >= 4 is 20.1 Å². The summed E-state index contributed by atoms with van der Waals surface area (Å²) in [5.74, 6) is -1.33. The molecule has 1 aliphatic heterocycles. The number of carbonyl (C=O) groups excluding carboxylic acids is 2. The van der Waals surface area contributed by atoms with Gasteiger partial charge in [-0.3, -0.25) is 9.59 Å². The normalized spacial score (nSPS) is 24.2. The summed E-state index contributed by atoms with van der Waals surface area (Å²) in [7, 11) is -1.75. The summed E-state index contributed by atoms with van der Waals surface area (Å²) in [6.07, 6.45) is 3.78. The highest BCUT2D eigenvalue weighted by Crippen LogP contribution is 2.36. The van der Waals surface area contributed by atoms with Gasteiger partial charge >= 0.3 is 5.97 Å². The SMILES string of the molecule is CC(=O)C1C(=O)OCC1/C=C/CO[Si](C)(C)C(C)(C)C. The molecule has 0 spiro atoms. The van der Waals surface area contributed by atoms with E-state index in [1.807, 2.05) is 12.2 Å². The maximum atomic E-state index is 11.4. The topological polar surface area (TPSA) is 52.6 Å². The number of hydrogen-bond acceptors (Lipinski definition) is 4. The van der Waals surface area contributed by atoms with Crippen LogP contribution in [0.15, 0.2) is 12.2 Å². The smallest absolute Gasteiger partial charge is 0.317 e. The molecule has 114 valence electrons. The molecule has 0 aromatic carbocycles. The Balaban J connectivity index is 2.54. The van der Waals surface area contributed by atoms with E-state index in [1.54, 1.807) is 0 Å². The molecule has 0 bridgehead atoms. The van der Waals surface area contributed by atoms with Crippen LogP contribution >= 0.6 is 0 Å². The number of cyclic esters (lactones) is 1. The van der Waals surface area contributed by atoms with Gasteiger partial charge < -0.3 is 9.16 Å². The average Bonchev–Trinajstić information content (AvgIpc) is 2.64. The van der Waals surface area contributed by atoms with E-state index in [0.29, 0.717) is 13.2 Å². The third-order valence-electron chi connectivity index (χ3n) is 4.27. The minimum absolute atomic E-state index is 0.132. The predicted molar refractivity (Wildman–Crippen MR) is 80.9 cm³/mol. The first-order valence-electron chi connectivity index (χ1n) is 7.04. The Kier molecular flexibility index (Phi) is 5.32. The molecular formula is C15H26O4Si. The van der Waals surface area contributed by atoms with Gasteiger partial charge in [0.25, 0.3) is 0 Å². The minimum Gasteiger partial charge on any atom is -0.464 e. The van der Waals surface area contributed by atoms with Crippen molar-refractivity contribution in [3.8, 4) is 0 Å². The summed E-state index contributed by atoms with van der Waals surface area (Å²) in [6.45, 7) is 13.2. The summed E-state index contributed by atoms with van der Waals surface area (Å²) in [5, 5.41) is 0.176. The lowest BCUT2D eigenvalue weighted by Gasteiger charge is -2.35. The lowest BCUT2D eigenvalue weighted by Crippen LogP contribution is -2.40. The van der Waals surface area contributed by atoms with Crippen LogP contribution < -0.4 is 0 Å². The zero-order valence-electron chi connectivity index (χ0n) is 13.4. The number of esters is 1. The standard InChI is InChI=1S/C15H26O4Si/c1-11(16)13-12(10-18-14(13)17)8-7-9-19-20(5,6)15(2,3)4/h7-8,12-13H,9-10H2,1-6H3/b8-7+. The highest BCUT2D eigenvalue weighted by molar-refractivity contribution is 6.74. The minimum atomic E-state index is -1.75. The van der Waals surface area contributed by atoms with Crippen LogP contribution in [-0.2, 0) is 18.8 Å².